The van der Waals surface area contributed by atoms with Gasteiger partial charge < -0.3 is 25.6 Å². The van der Waals surface area contributed by atoms with Crippen LogP contribution >= 0.6 is 10.8 Å². The Morgan fingerprint density at radius 1 is 1.06 bits per heavy atom. The summed E-state index contributed by atoms with van der Waals surface area (Å²) in [6.07, 6.45) is 4.85. The van der Waals surface area contributed by atoms with E-state index < -0.39 is 28.2 Å². The molecule has 54 heavy (non-hydrogen) atoms. The quantitative estimate of drug-likeness (QED) is 0.0878. The van der Waals surface area contributed by atoms with Gasteiger partial charge in [-0.15, -0.1) is 15.9 Å². The molecule has 1 aliphatic heterocycles. The summed E-state index contributed by atoms with van der Waals surface area (Å²) < 4.78 is 33.1. The number of anilines is 2. The summed E-state index contributed by atoms with van der Waals surface area (Å²) in [6, 6.07) is 12.8. The number of ether oxygens (including phenoxy) is 1. The molecule has 288 valence electrons. The standard InChI is InChI=1S/C38H49N9O6S/c1-7-29-20-46(54(51,52)32-10-9-15-39-35(32)53-29)19-26-16-25(12-11-23(26)3)33(30-13-14-31-34(24(30)4)44-45-47(31)8-2)38(5,6)36(50)42-27-17-40-37(41-18-27)43-28(21-48)22-49/h9-18,28-29,33,48-49,51-52H,7-8,19-22H2,1-6H3,(H,42,50)(H,40,41,43)/t29-,33+/m1/s1. The molecular formula is C38H49N9O6S. The van der Waals surface area contributed by atoms with E-state index >= 15 is 0 Å². The highest BCUT2D eigenvalue weighted by atomic mass is 32.3. The van der Waals surface area contributed by atoms with E-state index in [1.165, 1.54) is 12.4 Å². The third-order valence-corrected chi connectivity index (χ3v) is 12.1. The minimum atomic E-state index is -3.46. The Labute approximate surface area is 316 Å². The Morgan fingerprint density at radius 2 is 1.80 bits per heavy atom. The predicted molar refractivity (Wildman–Crippen MR) is 207 cm³/mol. The van der Waals surface area contributed by atoms with Gasteiger partial charge in [0.15, 0.2) is 0 Å². The van der Waals surface area contributed by atoms with Crippen LogP contribution in [0.1, 0.15) is 67.9 Å². The summed E-state index contributed by atoms with van der Waals surface area (Å²) in [6.45, 7) is 12.3. The maximum atomic E-state index is 14.4. The SMILES string of the molecule is CC[C@@H]1CN(Cc2cc([C@@H](c3ccc4c(nnn4CC)c3C)C(C)(C)C(=O)Nc3cnc(NC(CO)CO)nc3)ccc2C)S(O)(O)c2cccnc2O1. The van der Waals surface area contributed by atoms with E-state index in [1.54, 1.807) is 22.6 Å². The average Bonchev–Trinajstić information content (AvgIpc) is 3.55. The molecule has 0 saturated carbocycles. The third kappa shape index (κ3) is 7.62. The number of amides is 1. The molecule has 0 saturated heterocycles. The lowest BCUT2D eigenvalue weighted by atomic mass is 9.69. The first-order valence-electron chi connectivity index (χ1n) is 18.0. The number of pyridine rings is 1. The topological polar surface area (TPSA) is 204 Å². The normalized spacial score (nSPS) is 17.1. The zero-order chi connectivity index (χ0) is 38.8. The van der Waals surface area contributed by atoms with Gasteiger partial charge in [-0.3, -0.25) is 13.9 Å². The molecule has 1 aliphatic rings. The van der Waals surface area contributed by atoms with Crippen LogP contribution in [0.2, 0.25) is 0 Å². The van der Waals surface area contributed by atoms with Crippen molar-refractivity contribution in [3.8, 4) is 5.88 Å². The number of nitrogens with one attached hydrogen (secondary N) is 2. The van der Waals surface area contributed by atoms with Crippen molar-refractivity contribution in [2.75, 3.05) is 30.4 Å². The van der Waals surface area contributed by atoms with Crippen LogP contribution in [0.3, 0.4) is 0 Å². The van der Waals surface area contributed by atoms with Crippen molar-refractivity contribution in [2.45, 2.75) is 84.0 Å². The largest absolute Gasteiger partial charge is 0.472 e. The Morgan fingerprint density at radius 3 is 2.48 bits per heavy atom. The van der Waals surface area contributed by atoms with Crippen molar-refractivity contribution in [3.63, 3.8) is 0 Å². The van der Waals surface area contributed by atoms with Crippen LogP contribution in [-0.2, 0) is 17.9 Å². The predicted octanol–water partition coefficient (Wildman–Crippen LogP) is 5.51. The number of benzene rings is 2. The summed E-state index contributed by atoms with van der Waals surface area (Å²) >= 11 is 0. The van der Waals surface area contributed by atoms with Crippen molar-refractivity contribution in [3.05, 3.63) is 88.9 Å². The molecule has 1 amide bonds. The maximum absolute atomic E-state index is 14.4. The molecule has 0 radical (unpaired) electrons. The first-order chi connectivity index (χ1) is 25.8. The zero-order valence-electron chi connectivity index (χ0n) is 31.4. The molecule has 15 nitrogen and oxygen atoms in total. The van der Waals surface area contributed by atoms with Gasteiger partial charge in [0.05, 0.1) is 54.8 Å². The highest BCUT2D eigenvalue weighted by Crippen LogP contribution is 2.57. The van der Waals surface area contributed by atoms with Crippen LogP contribution in [0.5, 0.6) is 5.88 Å². The van der Waals surface area contributed by atoms with Crippen LogP contribution < -0.4 is 15.4 Å². The number of aliphatic hydroxyl groups is 2. The van der Waals surface area contributed by atoms with E-state index in [2.05, 4.69) is 42.0 Å². The fourth-order valence-electron chi connectivity index (χ4n) is 6.87. The van der Waals surface area contributed by atoms with Crippen molar-refractivity contribution in [1.82, 2.24) is 34.3 Å². The molecule has 4 heterocycles. The molecule has 0 bridgehead atoms. The number of aryl methyl sites for hydroxylation is 3. The van der Waals surface area contributed by atoms with Crippen LogP contribution in [0.25, 0.3) is 11.0 Å². The van der Waals surface area contributed by atoms with Gasteiger partial charge in [0.2, 0.25) is 17.7 Å². The zero-order valence-corrected chi connectivity index (χ0v) is 32.2. The Hall–Kier alpha value is -4.71. The van der Waals surface area contributed by atoms with E-state index in [4.69, 9.17) is 4.74 Å². The van der Waals surface area contributed by atoms with E-state index in [1.807, 2.05) is 70.5 Å². The summed E-state index contributed by atoms with van der Waals surface area (Å²) in [4.78, 5) is 27.5. The first-order valence-corrected chi connectivity index (χ1v) is 19.5. The number of rotatable bonds is 13. The number of hydrogen-bond donors (Lipinski definition) is 6. The minimum absolute atomic E-state index is 0.201. The van der Waals surface area contributed by atoms with Crippen LogP contribution in [-0.4, -0.2) is 91.4 Å². The van der Waals surface area contributed by atoms with Crippen LogP contribution in [0, 0.1) is 19.3 Å². The van der Waals surface area contributed by atoms with Gasteiger partial charge in [-0.1, -0.05) is 50.3 Å². The van der Waals surface area contributed by atoms with E-state index in [9.17, 15) is 24.1 Å². The van der Waals surface area contributed by atoms with Crippen molar-refractivity contribution < 1.29 is 28.8 Å². The number of hydrogen-bond acceptors (Lipinski definition) is 13. The summed E-state index contributed by atoms with van der Waals surface area (Å²) in [5.74, 6) is -0.349. The Bertz CT molecular complexity index is 2110. The van der Waals surface area contributed by atoms with E-state index in [0.717, 1.165) is 38.9 Å². The van der Waals surface area contributed by atoms with Crippen molar-refractivity contribution >= 4 is 39.4 Å². The molecule has 2 atom stereocenters. The third-order valence-electron chi connectivity index (χ3n) is 10.2. The summed E-state index contributed by atoms with van der Waals surface area (Å²) in [5, 5.41) is 33.5. The van der Waals surface area contributed by atoms with Crippen LogP contribution in [0.15, 0.2) is 66.0 Å². The highest BCUT2D eigenvalue weighted by molar-refractivity contribution is 8.22. The van der Waals surface area contributed by atoms with Gasteiger partial charge in [0.1, 0.15) is 16.5 Å². The Balaban J connectivity index is 1.40. The lowest BCUT2D eigenvalue weighted by molar-refractivity contribution is -0.124. The number of carbonyl (C=O) groups excluding carboxylic acids is 1. The minimum Gasteiger partial charge on any atom is -0.472 e. The Kier molecular flexibility index (Phi) is 11.5. The number of nitrogens with zero attached hydrogens (tertiary/aromatic N) is 7. The number of fused-ring (bicyclic) bond motifs is 2. The van der Waals surface area contributed by atoms with E-state index in [0.29, 0.717) is 18.7 Å². The molecule has 0 aliphatic carbocycles. The molecule has 3 aromatic heterocycles. The monoisotopic (exact) mass is 759 g/mol. The fraction of sp³-hybridized carbons (Fsp3) is 0.421. The molecular weight excluding hydrogens is 711 g/mol. The van der Waals surface area contributed by atoms with Crippen molar-refractivity contribution in [2.24, 2.45) is 5.41 Å². The second-order valence-electron chi connectivity index (χ2n) is 14.1. The second-order valence-corrected chi connectivity index (χ2v) is 16.1. The first kappa shape index (κ1) is 39.0. The van der Waals surface area contributed by atoms with Gasteiger partial charge >= 0.3 is 0 Å². The molecule has 5 aromatic rings. The fourth-order valence-corrected chi connectivity index (χ4v) is 8.44. The smallest absolute Gasteiger partial charge is 0.239 e. The summed E-state index contributed by atoms with van der Waals surface area (Å²) in [5.41, 5.74) is 5.42. The molecule has 2 aromatic carbocycles. The summed E-state index contributed by atoms with van der Waals surface area (Å²) in [7, 11) is -3.46. The van der Waals surface area contributed by atoms with Gasteiger partial charge in [-0.05, 0) is 73.2 Å². The average molecular weight is 760 g/mol. The van der Waals surface area contributed by atoms with Crippen LogP contribution in [0.4, 0.5) is 11.6 Å². The van der Waals surface area contributed by atoms with Gasteiger partial charge in [-0.25, -0.2) is 19.6 Å². The molecule has 6 rings (SSSR count). The maximum Gasteiger partial charge on any atom is 0.239 e. The highest BCUT2D eigenvalue weighted by Gasteiger charge is 2.41. The van der Waals surface area contributed by atoms with Crippen molar-refractivity contribution in [1.29, 1.82) is 0 Å². The van der Waals surface area contributed by atoms with E-state index in [-0.39, 0.29) is 55.0 Å². The number of aliphatic hydroxyl groups excluding tert-OH is 2. The lowest BCUT2D eigenvalue weighted by Gasteiger charge is -2.42. The van der Waals surface area contributed by atoms with Gasteiger partial charge in [0, 0.05) is 25.2 Å². The molecule has 16 heteroatoms. The second kappa shape index (κ2) is 15.9. The molecule has 6 N–H and O–H groups in total. The molecule has 0 spiro atoms. The molecule has 0 unspecified atom stereocenters. The number of aromatic nitrogens is 6. The van der Waals surface area contributed by atoms with Gasteiger partial charge in [-0.2, -0.15) is 4.31 Å². The molecule has 0 fully saturated rings. The lowest BCUT2D eigenvalue weighted by Crippen LogP contribution is -2.37. The van der Waals surface area contributed by atoms with Gasteiger partial charge in [0.25, 0.3) is 0 Å². The number of carbonyl (C=O) groups is 1.